The van der Waals surface area contributed by atoms with Crippen LogP contribution in [0.4, 0.5) is 5.13 Å². The van der Waals surface area contributed by atoms with Crippen molar-refractivity contribution >= 4 is 39.7 Å². The fourth-order valence-electron chi connectivity index (χ4n) is 2.12. The number of carbonyl (C=O) groups excluding carboxylic acids is 2. The van der Waals surface area contributed by atoms with Crippen LogP contribution in [0.3, 0.4) is 0 Å². The van der Waals surface area contributed by atoms with Crippen molar-refractivity contribution in [2.24, 2.45) is 0 Å². The third kappa shape index (κ3) is 4.25. The van der Waals surface area contributed by atoms with E-state index in [4.69, 9.17) is 4.74 Å². The van der Waals surface area contributed by atoms with Crippen molar-refractivity contribution in [3.05, 3.63) is 39.8 Å². The molecule has 11 heteroatoms. The molecule has 0 fully saturated rings. The Morgan fingerprint density at radius 1 is 1.40 bits per heavy atom. The van der Waals surface area contributed by atoms with Crippen molar-refractivity contribution in [1.82, 2.24) is 25.2 Å². The summed E-state index contributed by atoms with van der Waals surface area (Å²) in [4.78, 5) is 28.1. The molecule has 0 aliphatic carbocycles. The number of hydrogen-bond donors (Lipinski definition) is 1. The summed E-state index contributed by atoms with van der Waals surface area (Å²) >= 11 is 2.70. The molecule has 3 aromatic heterocycles. The lowest BCUT2D eigenvalue weighted by molar-refractivity contribution is -0.116. The zero-order chi connectivity index (χ0) is 17.6. The van der Waals surface area contributed by atoms with Gasteiger partial charge in [-0.15, -0.1) is 16.4 Å². The van der Waals surface area contributed by atoms with E-state index in [-0.39, 0.29) is 30.7 Å². The molecule has 9 nitrogen and oxygen atoms in total. The lowest BCUT2D eigenvalue weighted by Crippen LogP contribution is -2.20. The molecule has 1 N–H and O–H groups in total. The number of nitrogens with one attached hydrogen (secondary N) is 1. The van der Waals surface area contributed by atoms with Crippen LogP contribution in [-0.2, 0) is 9.53 Å². The molecule has 130 valence electrons. The number of carbonyl (C=O) groups is 2. The van der Waals surface area contributed by atoms with Crippen LogP contribution in [0.2, 0.25) is 0 Å². The Labute approximate surface area is 150 Å². The van der Waals surface area contributed by atoms with Crippen molar-refractivity contribution in [3.8, 4) is 0 Å². The van der Waals surface area contributed by atoms with Gasteiger partial charge < -0.3 is 10.1 Å². The van der Waals surface area contributed by atoms with Crippen molar-refractivity contribution < 1.29 is 14.3 Å². The maximum Gasteiger partial charge on any atom is 0.357 e. The van der Waals surface area contributed by atoms with Gasteiger partial charge in [0.1, 0.15) is 6.33 Å². The van der Waals surface area contributed by atoms with Crippen LogP contribution in [0.1, 0.15) is 35.4 Å². The molecule has 0 saturated carbocycles. The molecule has 0 bridgehead atoms. The first kappa shape index (κ1) is 17.2. The Morgan fingerprint density at radius 3 is 2.96 bits per heavy atom. The Hall–Kier alpha value is -2.66. The topological polar surface area (TPSA) is 112 Å². The third-order valence-electron chi connectivity index (χ3n) is 3.23. The molecule has 1 unspecified atom stereocenters. The van der Waals surface area contributed by atoms with Gasteiger partial charge in [-0.1, -0.05) is 0 Å². The van der Waals surface area contributed by atoms with Gasteiger partial charge in [0.05, 0.1) is 19.1 Å². The number of rotatable bonds is 7. The third-order valence-corrected chi connectivity index (χ3v) is 4.69. The monoisotopic (exact) mass is 378 g/mol. The summed E-state index contributed by atoms with van der Waals surface area (Å²) in [5.41, 5.74) is 1.12. The highest BCUT2D eigenvalue weighted by Crippen LogP contribution is 2.24. The van der Waals surface area contributed by atoms with Crippen LogP contribution in [0.25, 0.3) is 0 Å². The summed E-state index contributed by atoms with van der Waals surface area (Å²) in [7, 11) is 0. The predicted molar refractivity (Wildman–Crippen MR) is 91.6 cm³/mol. The van der Waals surface area contributed by atoms with E-state index in [1.165, 1.54) is 33.7 Å². The minimum Gasteiger partial charge on any atom is -0.461 e. The van der Waals surface area contributed by atoms with Gasteiger partial charge in [-0.3, -0.25) is 4.79 Å². The van der Waals surface area contributed by atoms with Gasteiger partial charge in [0.2, 0.25) is 5.91 Å². The van der Waals surface area contributed by atoms with E-state index in [1.54, 1.807) is 12.3 Å². The van der Waals surface area contributed by atoms with Crippen LogP contribution in [-0.4, -0.2) is 43.7 Å². The molecule has 1 amide bonds. The number of esters is 1. The van der Waals surface area contributed by atoms with Gasteiger partial charge in [0.15, 0.2) is 10.8 Å². The second-order valence-corrected chi connectivity index (χ2v) is 6.51. The predicted octanol–water partition coefficient (Wildman–Crippen LogP) is 1.99. The molecule has 0 aliphatic rings. The average Bonchev–Trinajstić information content (AvgIpc) is 3.34. The molecule has 0 aliphatic heterocycles. The normalized spacial score (nSPS) is 11.9. The maximum atomic E-state index is 12.4. The van der Waals surface area contributed by atoms with Crippen molar-refractivity contribution in [3.63, 3.8) is 0 Å². The van der Waals surface area contributed by atoms with Crippen molar-refractivity contribution in [1.29, 1.82) is 0 Å². The maximum absolute atomic E-state index is 12.4. The average molecular weight is 378 g/mol. The van der Waals surface area contributed by atoms with Crippen LogP contribution < -0.4 is 5.32 Å². The van der Waals surface area contributed by atoms with E-state index in [1.807, 2.05) is 16.8 Å². The van der Waals surface area contributed by atoms with E-state index in [0.717, 1.165) is 5.56 Å². The Bertz CT molecular complexity index is 797. The van der Waals surface area contributed by atoms with E-state index >= 15 is 0 Å². The Morgan fingerprint density at radius 2 is 2.28 bits per heavy atom. The highest BCUT2D eigenvalue weighted by molar-refractivity contribution is 7.14. The molecule has 3 heterocycles. The number of aromatic nitrogens is 5. The van der Waals surface area contributed by atoms with Gasteiger partial charge in [-0.05, 0) is 39.7 Å². The summed E-state index contributed by atoms with van der Waals surface area (Å²) in [6.45, 7) is 1.99. The first-order valence-electron chi connectivity index (χ1n) is 7.34. The summed E-state index contributed by atoms with van der Waals surface area (Å²) in [6, 6.07) is 1.61. The summed E-state index contributed by atoms with van der Waals surface area (Å²) in [5.74, 6) is -0.763. The number of anilines is 1. The number of ether oxygens (including phenoxy) is 1. The zero-order valence-electron chi connectivity index (χ0n) is 13.2. The number of thiophene rings is 1. The molecule has 1 atom stereocenters. The fourth-order valence-corrected chi connectivity index (χ4v) is 3.52. The largest absolute Gasteiger partial charge is 0.461 e. The molecule has 0 radical (unpaired) electrons. The lowest BCUT2D eigenvalue weighted by Gasteiger charge is -2.14. The summed E-state index contributed by atoms with van der Waals surface area (Å²) < 4.78 is 6.41. The molecule has 0 spiro atoms. The first-order valence-corrected chi connectivity index (χ1v) is 9.16. The van der Waals surface area contributed by atoms with Gasteiger partial charge in [-0.2, -0.15) is 11.3 Å². The standard InChI is InChI=1S/C14H14N6O3S2/c1-2-23-13(22)10-7-25-14(16-10)17-12(21)5-11(9-3-4-24-6-9)20-8-15-18-19-20/h3-4,6-8,11H,2,5H2,1H3,(H,16,17,21). The van der Waals surface area contributed by atoms with Gasteiger partial charge >= 0.3 is 5.97 Å². The second-order valence-electron chi connectivity index (χ2n) is 4.87. The summed E-state index contributed by atoms with van der Waals surface area (Å²) in [6.07, 6.45) is 1.61. The fraction of sp³-hybridized carbons (Fsp3) is 0.286. The molecule has 3 rings (SSSR count). The number of hydrogen-bond acceptors (Lipinski definition) is 9. The first-order chi connectivity index (χ1) is 12.2. The Balaban J connectivity index is 1.67. The number of nitrogens with zero attached hydrogens (tertiary/aromatic N) is 5. The second kappa shape index (κ2) is 7.94. The van der Waals surface area contributed by atoms with Crippen LogP contribution in [0, 0.1) is 0 Å². The highest BCUT2D eigenvalue weighted by Gasteiger charge is 2.21. The minimum atomic E-state index is -0.510. The van der Waals surface area contributed by atoms with E-state index in [2.05, 4.69) is 25.8 Å². The van der Waals surface area contributed by atoms with Crippen molar-refractivity contribution in [2.75, 3.05) is 11.9 Å². The SMILES string of the molecule is CCOC(=O)c1csc(NC(=O)CC(c2ccsc2)n2cnnn2)n1. The molecule has 3 aromatic rings. The van der Waals surface area contributed by atoms with Gasteiger partial charge in [0, 0.05) is 5.38 Å². The molecular formula is C14H14N6O3S2. The number of thiazole rings is 1. The highest BCUT2D eigenvalue weighted by atomic mass is 32.1. The number of amides is 1. The van der Waals surface area contributed by atoms with E-state index in [9.17, 15) is 9.59 Å². The van der Waals surface area contributed by atoms with E-state index < -0.39 is 5.97 Å². The van der Waals surface area contributed by atoms with Crippen LogP contribution >= 0.6 is 22.7 Å². The molecule has 0 saturated heterocycles. The van der Waals surface area contributed by atoms with Gasteiger partial charge in [0.25, 0.3) is 0 Å². The molecular weight excluding hydrogens is 364 g/mol. The Kier molecular flexibility index (Phi) is 5.46. The van der Waals surface area contributed by atoms with Crippen molar-refractivity contribution in [2.45, 2.75) is 19.4 Å². The smallest absolute Gasteiger partial charge is 0.357 e. The zero-order valence-corrected chi connectivity index (χ0v) is 14.8. The van der Waals surface area contributed by atoms with Gasteiger partial charge in [-0.25, -0.2) is 14.5 Å². The minimum absolute atomic E-state index is 0.135. The number of tetrazole rings is 1. The molecule has 25 heavy (non-hydrogen) atoms. The quantitative estimate of drug-likeness (QED) is 0.626. The summed E-state index contributed by atoms with van der Waals surface area (Å²) in [5, 5.41) is 19.6. The lowest BCUT2D eigenvalue weighted by atomic mass is 10.1. The molecule has 0 aromatic carbocycles. The van der Waals surface area contributed by atoms with E-state index in [0.29, 0.717) is 5.13 Å². The van der Waals surface area contributed by atoms with Crippen LogP contribution in [0.5, 0.6) is 0 Å². The van der Waals surface area contributed by atoms with Crippen LogP contribution in [0.15, 0.2) is 28.5 Å².